The van der Waals surface area contributed by atoms with Crippen LogP contribution in [0.5, 0.6) is 0 Å². The lowest BCUT2D eigenvalue weighted by molar-refractivity contribution is -0.145. The summed E-state index contributed by atoms with van der Waals surface area (Å²) in [5.41, 5.74) is -1.70. The minimum atomic E-state index is -0.672. The zero-order valence-electron chi connectivity index (χ0n) is 15.4. The molecule has 0 aliphatic heterocycles. The first-order chi connectivity index (χ1) is 11.8. The van der Waals surface area contributed by atoms with Crippen molar-refractivity contribution in [1.82, 2.24) is 13.7 Å². The third-order valence-corrected chi connectivity index (χ3v) is 3.74. The molecule has 0 radical (unpaired) electrons. The Morgan fingerprint density at radius 1 is 0.960 bits per heavy atom. The summed E-state index contributed by atoms with van der Waals surface area (Å²) in [5, 5.41) is 0. The quantitative estimate of drug-likeness (QED) is 0.486. The molecule has 8 nitrogen and oxygen atoms in total. The number of hydrogen-bond donors (Lipinski definition) is 0. The second kappa shape index (κ2) is 9.19. The monoisotopic (exact) mass is 353 g/mol. The number of carbonyl (C=O) groups is 1. The highest BCUT2D eigenvalue weighted by Gasteiger charge is 2.20. The summed E-state index contributed by atoms with van der Waals surface area (Å²) in [4.78, 5) is 49.3. The molecule has 1 rings (SSSR count). The van der Waals surface area contributed by atoms with Crippen LogP contribution in [0.1, 0.15) is 47.0 Å². The molecule has 25 heavy (non-hydrogen) atoms. The van der Waals surface area contributed by atoms with Gasteiger partial charge in [0.2, 0.25) is 0 Å². The third-order valence-electron chi connectivity index (χ3n) is 3.74. The van der Waals surface area contributed by atoms with Gasteiger partial charge >= 0.3 is 23.0 Å². The predicted octanol–water partition coefficient (Wildman–Crippen LogP) is 0.890. The van der Waals surface area contributed by atoms with E-state index >= 15 is 0 Å². The molecule has 0 spiro atoms. The van der Waals surface area contributed by atoms with Crippen LogP contribution in [-0.4, -0.2) is 25.8 Å². The summed E-state index contributed by atoms with van der Waals surface area (Å²) in [6, 6.07) is 0. The Morgan fingerprint density at radius 3 is 1.76 bits per heavy atom. The van der Waals surface area contributed by atoms with E-state index in [1.54, 1.807) is 6.92 Å². The topological polar surface area (TPSA) is 92.3 Å². The Kier molecular flexibility index (Phi) is 7.60. The number of esters is 1. The summed E-state index contributed by atoms with van der Waals surface area (Å²) >= 11 is 0. The van der Waals surface area contributed by atoms with E-state index in [4.69, 9.17) is 4.74 Å². The number of aromatic nitrogens is 3. The van der Waals surface area contributed by atoms with Gasteiger partial charge in [0, 0.05) is 18.7 Å². The average Bonchev–Trinajstić information content (AvgIpc) is 2.57. The highest BCUT2D eigenvalue weighted by molar-refractivity contribution is 5.87. The number of ether oxygens (including phenoxy) is 1. The maximum Gasteiger partial charge on any atom is 0.336 e. The van der Waals surface area contributed by atoms with Crippen LogP contribution in [-0.2, 0) is 29.2 Å². The average molecular weight is 353 g/mol. The molecule has 1 unspecified atom stereocenters. The molecular weight excluding hydrogens is 326 g/mol. The minimum Gasteiger partial charge on any atom is -0.457 e. The molecule has 0 saturated heterocycles. The minimum absolute atomic E-state index is 0.0963. The molecule has 0 amide bonds. The van der Waals surface area contributed by atoms with E-state index in [0.717, 1.165) is 13.7 Å². The van der Waals surface area contributed by atoms with Gasteiger partial charge in [0.05, 0.1) is 6.54 Å². The zero-order chi connectivity index (χ0) is 19.1. The van der Waals surface area contributed by atoms with Gasteiger partial charge in [-0.2, -0.15) is 0 Å². The molecule has 0 saturated carbocycles. The van der Waals surface area contributed by atoms with Gasteiger partial charge in [0.1, 0.15) is 6.10 Å². The highest BCUT2D eigenvalue weighted by atomic mass is 16.5. The lowest BCUT2D eigenvalue weighted by Gasteiger charge is -2.19. The van der Waals surface area contributed by atoms with Crippen molar-refractivity contribution in [3.8, 4) is 0 Å². The van der Waals surface area contributed by atoms with Gasteiger partial charge in [-0.1, -0.05) is 27.4 Å². The summed E-state index contributed by atoms with van der Waals surface area (Å²) in [6.45, 7) is 10.9. The van der Waals surface area contributed by atoms with Crippen molar-refractivity contribution in [2.24, 2.45) is 0 Å². The molecule has 0 aromatic carbocycles. The molecular formula is C17H27N3O5. The standard InChI is InChI=1S/C17H27N3O5/c1-6-9-18-15(22)19(10-7-2)17(24)20(16(18)23)11-13(8-3)25-14(21)12(4)5/h13H,4,6-11H2,1-3,5H3. The van der Waals surface area contributed by atoms with Gasteiger partial charge in [-0.3, -0.25) is 0 Å². The van der Waals surface area contributed by atoms with Crippen molar-refractivity contribution in [2.45, 2.75) is 72.7 Å². The van der Waals surface area contributed by atoms with Crippen molar-refractivity contribution in [3.05, 3.63) is 43.6 Å². The van der Waals surface area contributed by atoms with Crippen LogP contribution in [0, 0.1) is 0 Å². The van der Waals surface area contributed by atoms with Gasteiger partial charge in [-0.25, -0.2) is 32.9 Å². The third kappa shape index (κ3) is 4.80. The van der Waals surface area contributed by atoms with Crippen molar-refractivity contribution in [2.75, 3.05) is 0 Å². The van der Waals surface area contributed by atoms with E-state index in [2.05, 4.69) is 6.58 Å². The SMILES string of the molecule is C=C(C)C(=O)OC(CC)Cn1c(=O)n(CCC)c(=O)n(CCC)c1=O. The van der Waals surface area contributed by atoms with Gasteiger partial charge in [0.15, 0.2) is 0 Å². The Hall–Kier alpha value is -2.38. The second-order valence-electron chi connectivity index (χ2n) is 5.98. The van der Waals surface area contributed by atoms with E-state index in [0.29, 0.717) is 19.3 Å². The maximum atomic E-state index is 12.6. The molecule has 140 valence electrons. The smallest absolute Gasteiger partial charge is 0.336 e. The number of nitrogens with zero attached hydrogens (tertiary/aromatic N) is 3. The molecule has 0 aliphatic rings. The van der Waals surface area contributed by atoms with Crippen molar-refractivity contribution >= 4 is 5.97 Å². The van der Waals surface area contributed by atoms with Crippen LogP contribution in [0.25, 0.3) is 0 Å². The fourth-order valence-corrected chi connectivity index (χ4v) is 2.37. The van der Waals surface area contributed by atoms with Crippen LogP contribution >= 0.6 is 0 Å². The van der Waals surface area contributed by atoms with Crippen LogP contribution < -0.4 is 17.1 Å². The van der Waals surface area contributed by atoms with Crippen LogP contribution in [0.2, 0.25) is 0 Å². The molecule has 1 atom stereocenters. The number of hydrogen-bond acceptors (Lipinski definition) is 5. The maximum absolute atomic E-state index is 12.6. The largest absolute Gasteiger partial charge is 0.457 e. The highest BCUT2D eigenvalue weighted by Crippen LogP contribution is 2.04. The van der Waals surface area contributed by atoms with Gasteiger partial charge in [-0.15, -0.1) is 0 Å². The van der Waals surface area contributed by atoms with Crippen LogP contribution in [0.3, 0.4) is 0 Å². The number of carbonyl (C=O) groups excluding carboxylic acids is 1. The van der Waals surface area contributed by atoms with E-state index in [9.17, 15) is 19.2 Å². The van der Waals surface area contributed by atoms with Crippen molar-refractivity contribution in [3.63, 3.8) is 0 Å². The number of rotatable bonds is 9. The predicted molar refractivity (Wildman–Crippen MR) is 94.8 cm³/mol. The first-order valence-electron chi connectivity index (χ1n) is 8.59. The van der Waals surface area contributed by atoms with Crippen LogP contribution in [0.4, 0.5) is 0 Å². The van der Waals surface area contributed by atoms with Crippen LogP contribution in [0.15, 0.2) is 26.5 Å². The second-order valence-corrected chi connectivity index (χ2v) is 5.98. The molecule has 0 bridgehead atoms. The summed E-state index contributed by atoms with van der Waals surface area (Å²) in [6.07, 6.45) is 0.936. The summed E-state index contributed by atoms with van der Waals surface area (Å²) in [7, 11) is 0. The zero-order valence-corrected chi connectivity index (χ0v) is 15.4. The lowest BCUT2D eigenvalue weighted by atomic mass is 10.2. The Morgan fingerprint density at radius 2 is 1.40 bits per heavy atom. The summed E-state index contributed by atoms with van der Waals surface area (Å²) < 4.78 is 8.37. The Labute approximate surface area is 146 Å². The summed E-state index contributed by atoms with van der Waals surface area (Å²) in [5.74, 6) is -0.573. The Bertz CT molecular complexity index is 756. The van der Waals surface area contributed by atoms with Gasteiger partial charge in [0.25, 0.3) is 0 Å². The molecule has 1 heterocycles. The fraction of sp³-hybridized carbons (Fsp3) is 0.647. The molecule has 8 heteroatoms. The van der Waals surface area contributed by atoms with E-state index in [1.807, 2.05) is 13.8 Å². The lowest BCUT2D eigenvalue weighted by Crippen LogP contribution is -2.55. The normalized spacial score (nSPS) is 12.0. The first kappa shape index (κ1) is 20.7. The van der Waals surface area contributed by atoms with E-state index in [1.165, 1.54) is 6.92 Å². The van der Waals surface area contributed by atoms with Gasteiger partial charge in [-0.05, 0) is 26.2 Å². The molecule has 0 fully saturated rings. The molecule has 0 aliphatic carbocycles. The molecule has 0 N–H and O–H groups in total. The molecule has 1 aromatic rings. The van der Waals surface area contributed by atoms with E-state index < -0.39 is 29.1 Å². The van der Waals surface area contributed by atoms with Gasteiger partial charge < -0.3 is 4.74 Å². The van der Waals surface area contributed by atoms with Crippen molar-refractivity contribution < 1.29 is 9.53 Å². The Balaban J connectivity index is 3.40. The van der Waals surface area contributed by atoms with E-state index in [-0.39, 0.29) is 25.2 Å². The van der Waals surface area contributed by atoms with Crippen molar-refractivity contribution in [1.29, 1.82) is 0 Å². The fourth-order valence-electron chi connectivity index (χ4n) is 2.37. The first-order valence-corrected chi connectivity index (χ1v) is 8.59. The molecule has 1 aromatic heterocycles.